The number of rotatable bonds is 5. The summed E-state index contributed by atoms with van der Waals surface area (Å²) in [6, 6.07) is 11.5. The van der Waals surface area contributed by atoms with Gasteiger partial charge >= 0.3 is 0 Å². The lowest BCUT2D eigenvalue weighted by Gasteiger charge is -2.35. The minimum absolute atomic E-state index is 0.320. The molecule has 2 nitrogen and oxygen atoms in total. The molecule has 0 radical (unpaired) electrons. The maximum Gasteiger partial charge on any atom is 0.00991 e. The van der Waals surface area contributed by atoms with Gasteiger partial charge < -0.3 is 10.2 Å². The SMILES string of the molecule is CNC(C)C(C)(C)CN1CCC(c2ccccc2)C1. The predicted molar refractivity (Wildman–Crippen MR) is 82.5 cm³/mol. The molecular weight excluding hydrogens is 232 g/mol. The molecular formula is C17H28N2. The van der Waals surface area contributed by atoms with Crippen molar-refractivity contribution in [3.05, 3.63) is 35.9 Å². The van der Waals surface area contributed by atoms with E-state index in [0.29, 0.717) is 11.5 Å². The predicted octanol–water partition coefficient (Wildman–Crippen LogP) is 3.11. The number of nitrogens with zero attached hydrogens (tertiary/aromatic N) is 1. The first-order valence-electron chi connectivity index (χ1n) is 7.47. The highest BCUT2D eigenvalue weighted by Crippen LogP contribution is 2.30. The molecule has 2 atom stereocenters. The van der Waals surface area contributed by atoms with Gasteiger partial charge in [-0.15, -0.1) is 0 Å². The Kier molecular flexibility index (Phi) is 4.64. The number of nitrogens with one attached hydrogen (secondary N) is 1. The minimum Gasteiger partial charge on any atom is -0.317 e. The van der Waals surface area contributed by atoms with Crippen LogP contribution in [0.5, 0.6) is 0 Å². The van der Waals surface area contributed by atoms with Crippen molar-refractivity contribution in [2.24, 2.45) is 5.41 Å². The quantitative estimate of drug-likeness (QED) is 0.875. The van der Waals surface area contributed by atoms with E-state index >= 15 is 0 Å². The first kappa shape index (κ1) is 14.5. The lowest BCUT2D eigenvalue weighted by Crippen LogP contribution is -2.45. The molecule has 2 heteroatoms. The average Bonchev–Trinajstić information content (AvgIpc) is 2.86. The number of benzene rings is 1. The van der Waals surface area contributed by atoms with Gasteiger partial charge in [0.1, 0.15) is 0 Å². The molecule has 0 bridgehead atoms. The molecule has 1 fully saturated rings. The Morgan fingerprint density at radius 1 is 1.32 bits per heavy atom. The van der Waals surface area contributed by atoms with Crippen LogP contribution in [0.1, 0.15) is 38.7 Å². The van der Waals surface area contributed by atoms with E-state index in [-0.39, 0.29) is 0 Å². The second-order valence-corrected chi connectivity index (χ2v) is 6.63. The van der Waals surface area contributed by atoms with Gasteiger partial charge in [0.05, 0.1) is 0 Å². The largest absolute Gasteiger partial charge is 0.317 e. The molecule has 1 heterocycles. The van der Waals surface area contributed by atoms with E-state index in [1.54, 1.807) is 0 Å². The Morgan fingerprint density at radius 2 is 2.00 bits per heavy atom. The van der Waals surface area contributed by atoms with Gasteiger partial charge in [-0.05, 0) is 43.8 Å². The standard InChI is InChI=1S/C17H28N2/c1-14(18-4)17(2,3)13-19-11-10-16(12-19)15-8-6-5-7-9-15/h5-9,14,16,18H,10-13H2,1-4H3. The fraction of sp³-hybridized carbons (Fsp3) is 0.647. The zero-order chi connectivity index (χ0) is 13.9. The maximum atomic E-state index is 3.40. The van der Waals surface area contributed by atoms with E-state index < -0.39 is 0 Å². The summed E-state index contributed by atoms with van der Waals surface area (Å²) in [4.78, 5) is 2.63. The van der Waals surface area contributed by atoms with Crippen molar-refractivity contribution < 1.29 is 0 Å². The molecule has 1 aromatic carbocycles. The summed E-state index contributed by atoms with van der Waals surface area (Å²) in [6.07, 6.45) is 1.30. The normalized spacial score (nSPS) is 22.6. The van der Waals surface area contributed by atoms with Crippen LogP contribution in [0.3, 0.4) is 0 Å². The van der Waals surface area contributed by atoms with E-state index in [2.05, 4.69) is 68.4 Å². The fourth-order valence-electron chi connectivity index (χ4n) is 3.08. The van der Waals surface area contributed by atoms with Crippen LogP contribution in [0, 0.1) is 5.41 Å². The molecule has 2 unspecified atom stereocenters. The summed E-state index contributed by atoms with van der Waals surface area (Å²) in [6.45, 7) is 10.6. The molecule has 0 spiro atoms. The summed E-state index contributed by atoms with van der Waals surface area (Å²) in [5.41, 5.74) is 1.82. The number of likely N-dealkylation sites (tertiary alicyclic amines) is 1. The highest BCUT2D eigenvalue weighted by atomic mass is 15.2. The smallest absolute Gasteiger partial charge is 0.00991 e. The number of hydrogen-bond donors (Lipinski definition) is 1. The zero-order valence-electron chi connectivity index (χ0n) is 12.8. The fourth-order valence-corrected chi connectivity index (χ4v) is 3.08. The van der Waals surface area contributed by atoms with Crippen LogP contribution in [0.2, 0.25) is 0 Å². The van der Waals surface area contributed by atoms with Crippen LogP contribution in [-0.4, -0.2) is 37.6 Å². The first-order valence-corrected chi connectivity index (χ1v) is 7.47. The second kappa shape index (κ2) is 6.06. The Morgan fingerprint density at radius 3 is 2.63 bits per heavy atom. The van der Waals surface area contributed by atoms with Gasteiger partial charge in [-0.2, -0.15) is 0 Å². The van der Waals surface area contributed by atoms with E-state index in [9.17, 15) is 0 Å². The third-order valence-electron chi connectivity index (χ3n) is 4.78. The van der Waals surface area contributed by atoms with Gasteiger partial charge in [0, 0.05) is 19.1 Å². The van der Waals surface area contributed by atoms with Gasteiger partial charge in [-0.3, -0.25) is 0 Å². The van der Waals surface area contributed by atoms with Crippen molar-refractivity contribution in [3.63, 3.8) is 0 Å². The van der Waals surface area contributed by atoms with Crippen molar-refractivity contribution in [2.75, 3.05) is 26.7 Å². The Labute approximate surface area is 118 Å². The van der Waals surface area contributed by atoms with Gasteiger partial charge in [-0.1, -0.05) is 44.2 Å². The second-order valence-electron chi connectivity index (χ2n) is 6.63. The first-order chi connectivity index (χ1) is 9.03. The van der Waals surface area contributed by atoms with Crippen molar-refractivity contribution in [1.82, 2.24) is 10.2 Å². The molecule has 0 aromatic heterocycles. The number of hydrogen-bond acceptors (Lipinski definition) is 2. The van der Waals surface area contributed by atoms with Crippen LogP contribution in [-0.2, 0) is 0 Å². The third kappa shape index (κ3) is 3.58. The molecule has 1 aromatic rings. The Hall–Kier alpha value is -0.860. The molecule has 1 saturated heterocycles. The summed E-state index contributed by atoms with van der Waals surface area (Å²) >= 11 is 0. The van der Waals surface area contributed by atoms with Gasteiger partial charge in [-0.25, -0.2) is 0 Å². The molecule has 0 aliphatic carbocycles. The van der Waals surface area contributed by atoms with Crippen molar-refractivity contribution >= 4 is 0 Å². The summed E-state index contributed by atoms with van der Waals surface area (Å²) in [7, 11) is 2.06. The Bertz CT molecular complexity index is 386. The van der Waals surface area contributed by atoms with Crippen LogP contribution in [0.4, 0.5) is 0 Å². The van der Waals surface area contributed by atoms with E-state index in [4.69, 9.17) is 0 Å². The molecule has 1 aliphatic rings. The lowest BCUT2D eigenvalue weighted by molar-refractivity contribution is 0.167. The third-order valence-corrected chi connectivity index (χ3v) is 4.78. The highest BCUT2D eigenvalue weighted by molar-refractivity contribution is 5.21. The van der Waals surface area contributed by atoms with Gasteiger partial charge in [0.2, 0.25) is 0 Å². The van der Waals surface area contributed by atoms with Crippen LogP contribution >= 0.6 is 0 Å². The summed E-state index contributed by atoms with van der Waals surface area (Å²) in [5.74, 6) is 0.724. The van der Waals surface area contributed by atoms with E-state index in [0.717, 1.165) is 5.92 Å². The van der Waals surface area contributed by atoms with E-state index in [1.807, 2.05) is 0 Å². The topological polar surface area (TPSA) is 15.3 Å². The molecule has 0 amide bonds. The Balaban J connectivity index is 1.92. The maximum absolute atomic E-state index is 3.40. The average molecular weight is 260 g/mol. The van der Waals surface area contributed by atoms with Crippen molar-refractivity contribution in [3.8, 4) is 0 Å². The molecule has 19 heavy (non-hydrogen) atoms. The summed E-state index contributed by atoms with van der Waals surface area (Å²) in [5, 5.41) is 3.40. The lowest BCUT2D eigenvalue weighted by atomic mass is 9.85. The van der Waals surface area contributed by atoms with Crippen LogP contribution in [0.15, 0.2) is 30.3 Å². The highest BCUT2D eigenvalue weighted by Gasteiger charge is 2.31. The molecule has 0 saturated carbocycles. The molecule has 1 N–H and O–H groups in total. The van der Waals surface area contributed by atoms with Gasteiger partial charge in [0.15, 0.2) is 0 Å². The monoisotopic (exact) mass is 260 g/mol. The van der Waals surface area contributed by atoms with Crippen molar-refractivity contribution in [2.45, 2.75) is 39.2 Å². The van der Waals surface area contributed by atoms with Crippen LogP contribution < -0.4 is 5.32 Å². The summed E-state index contributed by atoms with van der Waals surface area (Å²) < 4.78 is 0. The van der Waals surface area contributed by atoms with E-state index in [1.165, 1.54) is 31.6 Å². The van der Waals surface area contributed by atoms with Crippen molar-refractivity contribution in [1.29, 1.82) is 0 Å². The molecule has 106 valence electrons. The van der Waals surface area contributed by atoms with Gasteiger partial charge in [0.25, 0.3) is 0 Å². The molecule has 2 rings (SSSR count). The van der Waals surface area contributed by atoms with Crippen LogP contribution in [0.25, 0.3) is 0 Å². The zero-order valence-corrected chi connectivity index (χ0v) is 12.8. The minimum atomic E-state index is 0.320. The molecule has 1 aliphatic heterocycles.